The minimum atomic E-state index is 0.390. The summed E-state index contributed by atoms with van der Waals surface area (Å²) in [6.07, 6.45) is 1.75. The number of rotatable bonds is 2. The average molecular weight is 252 g/mol. The standard InChI is InChI=1S/C14H12N4O/c1-9-17-13(15)8-14(18-9)19-11-5-4-10-3-2-6-16-12(10)7-11/h2-8H,1H3,(H2,15,17,18). The van der Waals surface area contributed by atoms with Gasteiger partial charge in [-0.15, -0.1) is 0 Å². The molecule has 94 valence electrons. The molecule has 0 aliphatic carbocycles. The van der Waals surface area contributed by atoms with Gasteiger partial charge >= 0.3 is 0 Å². The molecule has 0 saturated heterocycles. The Labute approximate surface area is 110 Å². The Kier molecular flexibility index (Phi) is 2.72. The van der Waals surface area contributed by atoms with Crippen molar-refractivity contribution >= 4 is 16.7 Å². The number of aryl methyl sites for hydroxylation is 1. The Hall–Kier alpha value is -2.69. The zero-order valence-corrected chi connectivity index (χ0v) is 10.4. The second kappa shape index (κ2) is 4.53. The summed E-state index contributed by atoms with van der Waals surface area (Å²) in [7, 11) is 0. The van der Waals surface area contributed by atoms with E-state index in [4.69, 9.17) is 10.5 Å². The van der Waals surface area contributed by atoms with Gasteiger partial charge in [-0.1, -0.05) is 6.07 Å². The Morgan fingerprint density at radius 2 is 2.00 bits per heavy atom. The molecule has 19 heavy (non-hydrogen) atoms. The first-order chi connectivity index (χ1) is 9.20. The molecule has 2 aromatic heterocycles. The van der Waals surface area contributed by atoms with Gasteiger partial charge in [-0.3, -0.25) is 4.98 Å². The van der Waals surface area contributed by atoms with Crippen LogP contribution in [0.25, 0.3) is 10.9 Å². The van der Waals surface area contributed by atoms with E-state index in [0.29, 0.717) is 23.3 Å². The molecule has 0 bridgehead atoms. The van der Waals surface area contributed by atoms with E-state index in [0.717, 1.165) is 10.9 Å². The summed E-state index contributed by atoms with van der Waals surface area (Å²) in [5, 5.41) is 1.06. The van der Waals surface area contributed by atoms with Gasteiger partial charge in [0.05, 0.1) is 5.52 Å². The quantitative estimate of drug-likeness (QED) is 0.759. The van der Waals surface area contributed by atoms with Crippen molar-refractivity contribution in [3.8, 4) is 11.6 Å². The lowest BCUT2D eigenvalue weighted by molar-refractivity contribution is 0.461. The molecular formula is C14H12N4O. The number of hydrogen-bond acceptors (Lipinski definition) is 5. The number of pyridine rings is 1. The molecule has 0 spiro atoms. The van der Waals surface area contributed by atoms with E-state index in [1.807, 2.05) is 30.3 Å². The lowest BCUT2D eigenvalue weighted by atomic mass is 10.2. The Balaban J connectivity index is 1.96. The summed E-state index contributed by atoms with van der Waals surface area (Å²) in [6, 6.07) is 11.2. The van der Waals surface area contributed by atoms with E-state index in [2.05, 4.69) is 15.0 Å². The summed E-state index contributed by atoms with van der Waals surface area (Å²) < 4.78 is 5.68. The Morgan fingerprint density at radius 1 is 1.11 bits per heavy atom. The highest BCUT2D eigenvalue weighted by Crippen LogP contribution is 2.24. The second-order valence-electron chi connectivity index (χ2n) is 4.14. The summed E-state index contributed by atoms with van der Waals surface area (Å²) in [4.78, 5) is 12.5. The predicted octanol–water partition coefficient (Wildman–Crippen LogP) is 2.71. The van der Waals surface area contributed by atoms with E-state index in [1.165, 1.54) is 0 Å². The van der Waals surface area contributed by atoms with Gasteiger partial charge in [0.15, 0.2) is 0 Å². The maximum absolute atomic E-state index is 5.68. The van der Waals surface area contributed by atoms with Crippen molar-refractivity contribution in [2.45, 2.75) is 6.92 Å². The third-order valence-electron chi connectivity index (χ3n) is 2.63. The number of nitrogen functional groups attached to an aromatic ring is 1. The van der Waals surface area contributed by atoms with Gasteiger partial charge in [-0.25, -0.2) is 4.98 Å². The monoisotopic (exact) mass is 252 g/mol. The number of nitrogens with two attached hydrogens (primary N) is 1. The van der Waals surface area contributed by atoms with Gasteiger partial charge in [0.1, 0.15) is 17.4 Å². The second-order valence-corrected chi connectivity index (χ2v) is 4.14. The van der Waals surface area contributed by atoms with Crippen LogP contribution in [0.4, 0.5) is 5.82 Å². The fraction of sp³-hybridized carbons (Fsp3) is 0.0714. The van der Waals surface area contributed by atoms with Gasteiger partial charge in [0.25, 0.3) is 0 Å². The van der Waals surface area contributed by atoms with Gasteiger partial charge in [-0.2, -0.15) is 4.98 Å². The van der Waals surface area contributed by atoms with E-state index in [9.17, 15) is 0 Å². The number of benzene rings is 1. The minimum absolute atomic E-state index is 0.390. The van der Waals surface area contributed by atoms with Crippen molar-refractivity contribution in [2.24, 2.45) is 0 Å². The maximum atomic E-state index is 5.68. The van der Waals surface area contributed by atoms with Crippen molar-refractivity contribution in [1.82, 2.24) is 15.0 Å². The van der Waals surface area contributed by atoms with Crippen LogP contribution in [0.5, 0.6) is 11.6 Å². The molecule has 5 nitrogen and oxygen atoms in total. The fourth-order valence-corrected chi connectivity index (χ4v) is 1.85. The van der Waals surface area contributed by atoms with Crippen molar-refractivity contribution in [3.63, 3.8) is 0 Å². The highest BCUT2D eigenvalue weighted by molar-refractivity contribution is 5.79. The Morgan fingerprint density at radius 3 is 2.84 bits per heavy atom. The van der Waals surface area contributed by atoms with E-state index in [-0.39, 0.29) is 0 Å². The molecular weight excluding hydrogens is 240 g/mol. The SMILES string of the molecule is Cc1nc(N)cc(Oc2ccc3cccnc3c2)n1. The molecule has 1 aromatic carbocycles. The third kappa shape index (κ3) is 2.44. The van der Waals surface area contributed by atoms with Crippen molar-refractivity contribution in [3.05, 3.63) is 48.4 Å². The average Bonchev–Trinajstić information content (AvgIpc) is 2.37. The molecule has 0 amide bonds. The van der Waals surface area contributed by atoms with Crippen LogP contribution in [-0.4, -0.2) is 15.0 Å². The van der Waals surface area contributed by atoms with Gasteiger partial charge < -0.3 is 10.5 Å². The lowest BCUT2D eigenvalue weighted by Crippen LogP contribution is -1.97. The van der Waals surface area contributed by atoms with Crippen LogP contribution < -0.4 is 10.5 Å². The Bertz CT molecular complexity index is 722. The number of anilines is 1. The van der Waals surface area contributed by atoms with Gasteiger partial charge in [0, 0.05) is 23.7 Å². The molecule has 0 aliphatic rings. The molecule has 3 rings (SSSR count). The first-order valence-corrected chi connectivity index (χ1v) is 5.84. The lowest BCUT2D eigenvalue weighted by Gasteiger charge is -2.06. The van der Waals surface area contributed by atoms with Crippen molar-refractivity contribution in [1.29, 1.82) is 0 Å². The van der Waals surface area contributed by atoms with Crippen LogP contribution in [0, 0.1) is 6.92 Å². The molecule has 0 atom stereocenters. The topological polar surface area (TPSA) is 73.9 Å². The zero-order chi connectivity index (χ0) is 13.2. The van der Waals surface area contributed by atoms with E-state index in [1.54, 1.807) is 19.2 Å². The highest BCUT2D eigenvalue weighted by Gasteiger charge is 2.03. The number of fused-ring (bicyclic) bond motifs is 1. The molecule has 0 saturated carbocycles. The van der Waals surface area contributed by atoms with Crippen LogP contribution in [0.1, 0.15) is 5.82 Å². The molecule has 5 heteroatoms. The number of nitrogens with zero attached hydrogens (tertiary/aromatic N) is 3. The molecule has 0 radical (unpaired) electrons. The van der Waals surface area contributed by atoms with Crippen molar-refractivity contribution < 1.29 is 4.74 Å². The minimum Gasteiger partial charge on any atom is -0.439 e. The molecule has 0 unspecified atom stereocenters. The first-order valence-electron chi connectivity index (χ1n) is 5.84. The van der Waals surface area contributed by atoms with Crippen LogP contribution in [-0.2, 0) is 0 Å². The highest BCUT2D eigenvalue weighted by atomic mass is 16.5. The zero-order valence-electron chi connectivity index (χ0n) is 10.4. The van der Waals surface area contributed by atoms with Gasteiger partial charge in [-0.05, 0) is 25.1 Å². The van der Waals surface area contributed by atoms with E-state index < -0.39 is 0 Å². The van der Waals surface area contributed by atoms with Crippen LogP contribution in [0.3, 0.4) is 0 Å². The van der Waals surface area contributed by atoms with Crippen LogP contribution in [0.15, 0.2) is 42.6 Å². The molecule has 0 fully saturated rings. The fourth-order valence-electron chi connectivity index (χ4n) is 1.85. The molecule has 2 heterocycles. The van der Waals surface area contributed by atoms with Crippen LogP contribution >= 0.6 is 0 Å². The third-order valence-corrected chi connectivity index (χ3v) is 2.63. The van der Waals surface area contributed by atoms with Gasteiger partial charge in [0.2, 0.25) is 5.88 Å². The summed E-state index contributed by atoms with van der Waals surface area (Å²) in [5.41, 5.74) is 6.53. The number of hydrogen-bond donors (Lipinski definition) is 1. The molecule has 2 N–H and O–H groups in total. The summed E-state index contributed by atoms with van der Waals surface area (Å²) in [6.45, 7) is 1.77. The smallest absolute Gasteiger partial charge is 0.224 e. The summed E-state index contributed by atoms with van der Waals surface area (Å²) >= 11 is 0. The molecule has 3 aromatic rings. The number of ether oxygens (including phenoxy) is 1. The van der Waals surface area contributed by atoms with Crippen LogP contribution in [0.2, 0.25) is 0 Å². The summed E-state index contributed by atoms with van der Waals surface area (Å²) in [5.74, 6) is 2.07. The molecule has 0 aliphatic heterocycles. The number of aromatic nitrogens is 3. The normalized spacial score (nSPS) is 10.6. The first kappa shape index (κ1) is 11.4. The van der Waals surface area contributed by atoms with E-state index >= 15 is 0 Å². The predicted molar refractivity (Wildman–Crippen MR) is 73.0 cm³/mol. The van der Waals surface area contributed by atoms with Crippen molar-refractivity contribution in [2.75, 3.05) is 5.73 Å². The largest absolute Gasteiger partial charge is 0.439 e. The maximum Gasteiger partial charge on any atom is 0.224 e.